The van der Waals surface area contributed by atoms with Crippen molar-refractivity contribution in [1.29, 1.82) is 0 Å². The molecule has 0 N–H and O–H groups in total. The Morgan fingerprint density at radius 1 is 1.47 bits per heavy atom. The minimum absolute atomic E-state index is 0.0342. The predicted octanol–water partition coefficient (Wildman–Crippen LogP) is 3.14. The maximum absolute atomic E-state index is 12.8. The Bertz CT molecular complexity index is 317. The quantitative estimate of drug-likeness (QED) is 0.823. The summed E-state index contributed by atoms with van der Waals surface area (Å²) >= 11 is 3.28. The van der Waals surface area contributed by atoms with Gasteiger partial charge in [0.15, 0.2) is 0 Å². The fourth-order valence-electron chi connectivity index (χ4n) is 1.15. The van der Waals surface area contributed by atoms with Crippen LogP contribution in [-0.2, 0) is 16.1 Å². The molecule has 0 aliphatic carbocycles. The number of benzene rings is 1. The van der Waals surface area contributed by atoms with Gasteiger partial charge in [-0.3, -0.25) is 0 Å². The number of methoxy groups -OCH3 is 1. The monoisotopic (exact) mass is 276 g/mol. The van der Waals surface area contributed by atoms with Crippen molar-refractivity contribution >= 4 is 15.9 Å². The summed E-state index contributed by atoms with van der Waals surface area (Å²) in [5, 5.41) is 0. The Labute approximate surface area is 97.5 Å². The van der Waals surface area contributed by atoms with Gasteiger partial charge in [-0.05, 0) is 24.6 Å². The van der Waals surface area contributed by atoms with E-state index in [1.807, 2.05) is 6.92 Å². The van der Waals surface area contributed by atoms with E-state index in [0.29, 0.717) is 13.2 Å². The average Bonchev–Trinajstić information content (AvgIpc) is 2.17. The van der Waals surface area contributed by atoms with Crippen LogP contribution in [0.1, 0.15) is 12.5 Å². The van der Waals surface area contributed by atoms with E-state index in [0.717, 1.165) is 10.0 Å². The molecule has 0 saturated heterocycles. The molecule has 15 heavy (non-hydrogen) atoms. The zero-order valence-corrected chi connectivity index (χ0v) is 10.4. The van der Waals surface area contributed by atoms with Gasteiger partial charge in [-0.2, -0.15) is 0 Å². The Morgan fingerprint density at radius 3 is 2.80 bits per heavy atom. The zero-order valence-electron chi connectivity index (χ0n) is 8.80. The number of halogens is 2. The first kappa shape index (κ1) is 12.6. The van der Waals surface area contributed by atoms with E-state index in [4.69, 9.17) is 9.47 Å². The second-order valence-corrected chi connectivity index (χ2v) is 4.17. The highest BCUT2D eigenvalue weighted by atomic mass is 79.9. The van der Waals surface area contributed by atoms with Crippen molar-refractivity contribution in [1.82, 2.24) is 0 Å². The van der Waals surface area contributed by atoms with E-state index in [2.05, 4.69) is 15.9 Å². The summed E-state index contributed by atoms with van der Waals surface area (Å²) in [5.41, 5.74) is 0.930. The standard InChI is InChI=1S/C11H14BrFO2/c1-8(6-14-2)15-7-9-3-4-10(13)5-11(9)12/h3-5,8H,6-7H2,1-2H3. The van der Waals surface area contributed by atoms with Gasteiger partial charge in [0, 0.05) is 11.6 Å². The third kappa shape index (κ3) is 4.28. The summed E-state index contributed by atoms with van der Waals surface area (Å²) in [6.45, 7) is 2.94. The van der Waals surface area contributed by atoms with Crippen molar-refractivity contribution in [2.45, 2.75) is 19.6 Å². The summed E-state index contributed by atoms with van der Waals surface area (Å²) in [6, 6.07) is 4.56. The SMILES string of the molecule is COCC(C)OCc1ccc(F)cc1Br. The molecule has 0 spiro atoms. The summed E-state index contributed by atoms with van der Waals surface area (Å²) < 4.78 is 24.0. The van der Waals surface area contributed by atoms with Gasteiger partial charge in [-0.15, -0.1) is 0 Å². The van der Waals surface area contributed by atoms with Crippen LogP contribution in [-0.4, -0.2) is 19.8 Å². The van der Waals surface area contributed by atoms with Gasteiger partial charge in [-0.25, -0.2) is 4.39 Å². The maximum atomic E-state index is 12.8. The molecule has 4 heteroatoms. The van der Waals surface area contributed by atoms with Crippen molar-refractivity contribution < 1.29 is 13.9 Å². The second-order valence-electron chi connectivity index (χ2n) is 3.31. The Kier molecular flexibility index (Phi) is 5.22. The van der Waals surface area contributed by atoms with Crippen LogP contribution >= 0.6 is 15.9 Å². The highest BCUT2D eigenvalue weighted by Gasteiger charge is 2.05. The molecule has 0 aromatic heterocycles. The number of hydrogen-bond acceptors (Lipinski definition) is 2. The Hall–Kier alpha value is -0.450. The molecule has 0 aliphatic rings. The molecule has 0 saturated carbocycles. The predicted molar refractivity (Wildman–Crippen MR) is 60.2 cm³/mol. The first-order chi connectivity index (χ1) is 7.13. The lowest BCUT2D eigenvalue weighted by atomic mass is 10.2. The van der Waals surface area contributed by atoms with Crippen molar-refractivity contribution in [2.75, 3.05) is 13.7 Å². The van der Waals surface area contributed by atoms with Crippen molar-refractivity contribution in [3.63, 3.8) is 0 Å². The Balaban J connectivity index is 2.50. The topological polar surface area (TPSA) is 18.5 Å². The number of hydrogen-bond donors (Lipinski definition) is 0. The van der Waals surface area contributed by atoms with Crippen LogP contribution < -0.4 is 0 Å². The summed E-state index contributed by atoms with van der Waals surface area (Å²) in [5.74, 6) is -0.254. The van der Waals surface area contributed by atoms with Gasteiger partial charge in [0.2, 0.25) is 0 Å². The molecule has 1 aromatic carbocycles. The maximum Gasteiger partial charge on any atom is 0.124 e. The van der Waals surface area contributed by atoms with Crippen molar-refractivity contribution in [3.8, 4) is 0 Å². The van der Waals surface area contributed by atoms with Crippen LogP contribution in [0.4, 0.5) is 4.39 Å². The number of rotatable bonds is 5. The molecule has 0 fully saturated rings. The molecule has 1 rings (SSSR count). The second kappa shape index (κ2) is 6.20. The van der Waals surface area contributed by atoms with E-state index >= 15 is 0 Å². The largest absolute Gasteiger partial charge is 0.382 e. The van der Waals surface area contributed by atoms with Gasteiger partial charge in [-0.1, -0.05) is 22.0 Å². The fraction of sp³-hybridized carbons (Fsp3) is 0.455. The summed E-state index contributed by atoms with van der Waals surface area (Å²) in [7, 11) is 1.63. The van der Waals surface area contributed by atoms with Gasteiger partial charge in [0.25, 0.3) is 0 Å². The normalized spacial score (nSPS) is 12.8. The summed E-state index contributed by atoms with van der Waals surface area (Å²) in [6.07, 6.45) is 0.0342. The minimum atomic E-state index is -0.254. The molecule has 1 aromatic rings. The van der Waals surface area contributed by atoms with Gasteiger partial charge in [0.05, 0.1) is 19.3 Å². The van der Waals surface area contributed by atoms with Crippen molar-refractivity contribution in [3.05, 3.63) is 34.1 Å². The lowest BCUT2D eigenvalue weighted by molar-refractivity contribution is -0.000345. The van der Waals surface area contributed by atoms with Crippen LogP contribution in [0, 0.1) is 5.82 Å². The molecule has 84 valence electrons. The number of ether oxygens (including phenoxy) is 2. The van der Waals surface area contributed by atoms with Crippen molar-refractivity contribution in [2.24, 2.45) is 0 Å². The van der Waals surface area contributed by atoms with E-state index in [1.54, 1.807) is 13.2 Å². The Morgan fingerprint density at radius 2 is 2.20 bits per heavy atom. The third-order valence-electron chi connectivity index (χ3n) is 1.94. The highest BCUT2D eigenvalue weighted by Crippen LogP contribution is 2.19. The molecular formula is C11H14BrFO2. The highest BCUT2D eigenvalue weighted by molar-refractivity contribution is 9.10. The van der Waals surface area contributed by atoms with Crippen LogP contribution in [0.5, 0.6) is 0 Å². The van der Waals surface area contributed by atoms with E-state index in [9.17, 15) is 4.39 Å². The van der Waals surface area contributed by atoms with Gasteiger partial charge in [0.1, 0.15) is 5.82 Å². The minimum Gasteiger partial charge on any atom is -0.382 e. The molecule has 0 amide bonds. The molecular weight excluding hydrogens is 263 g/mol. The van der Waals surface area contributed by atoms with Crippen LogP contribution in [0.2, 0.25) is 0 Å². The molecule has 0 heterocycles. The van der Waals surface area contributed by atoms with E-state index in [1.165, 1.54) is 12.1 Å². The molecule has 1 atom stereocenters. The molecule has 0 bridgehead atoms. The van der Waals surface area contributed by atoms with Gasteiger partial charge >= 0.3 is 0 Å². The molecule has 0 radical (unpaired) electrons. The zero-order chi connectivity index (χ0) is 11.3. The summed E-state index contributed by atoms with van der Waals surface area (Å²) in [4.78, 5) is 0. The first-order valence-corrected chi connectivity index (χ1v) is 5.47. The lowest BCUT2D eigenvalue weighted by Crippen LogP contribution is -2.14. The van der Waals surface area contributed by atoms with Gasteiger partial charge < -0.3 is 9.47 Å². The van der Waals surface area contributed by atoms with E-state index < -0.39 is 0 Å². The smallest absolute Gasteiger partial charge is 0.124 e. The van der Waals surface area contributed by atoms with Crippen LogP contribution in [0.15, 0.2) is 22.7 Å². The van der Waals surface area contributed by atoms with Crippen LogP contribution in [0.25, 0.3) is 0 Å². The van der Waals surface area contributed by atoms with E-state index in [-0.39, 0.29) is 11.9 Å². The fourth-order valence-corrected chi connectivity index (χ4v) is 1.62. The third-order valence-corrected chi connectivity index (χ3v) is 2.68. The first-order valence-electron chi connectivity index (χ1n) is 4.68. The molecule has 0 aliphatic heterocycles. The lowest BCUT2D eigenvalue weighted by Gasteiger charge is -2.12. The molecule has 1 unspecified atom stereocenters. The van der Waals surface area contributed by atoms with Crippen LogP contribution in [0.3, 0.4) is 0 Å². The molecule has 2 nitrogen and oxygen atoms in total. The average molecular weight is 277 g/mol.